The molecule has 1 amide bonds. The second-order valence-corrected chi connectivity index (χ2v) is 2.50. The van der Waals surface area contributed by atoms with Crippen LogP contribution in [0.15, 0.2) is 0 Å². The SMILES string of the molecule is CC(=O)OCCC=O.COCCC(N)=O. The summed E-state index contributed by atoms with van der Waals surface area (Å²) in [6, 6.07) is 0. The van der Waals surface area contributed by atoms with E-state index in [4.69, 9.17) is 5.73 Å². The Morgan fingerprint density at radius 1 is 1.33 bits per heavy atom. The molecule has 2 N–H and O–H groups in total. The number of primary amides is 1. The smallest absolute Gasteiger partial charge is 0.302 e. The van der Waals surface area contributed by atoms with Crippen LogP contribution in [0.5, 0.6) is 0 Å². The van der Waals surface area contributed by atoms with Gasteiger partial charge >= 0.3 is 5.97 Å². The Hall–Kier alpha value is -1.43. The van der Waals surface area contributed by atoms with E-state index in [9.17, 15) is 14.4 Å². The Kier molecular flexibility index (Phi) is 13.4. The molecule has 0 heterocycles. The van der Waals surface area contributed by atoms with Crippen LogP contribution in [0.3, 0.4) is 0 Å². The van der Waals surface area contributed by atoms with E-state index in [1.807, 2.05) is 0 Å². The lowest BCUT2D eigenvalue weighted by atomic mass is 10.4. The molecule has 6 nitrogen and oxygen atoms in total. The quantitative estimate of drug-likeness (QED) is 0.374. The first-order valence-electron chi connectivity index (χ1n) is 4.38. The third-order valence-electron chi connectivity index (χ3n) is 1.09. The number of carbonyl (C=O) groups excluding carboxylic acids is 3. The van der Waals surface area contributed by atoms with Gasteiger partial charge in [0.15, 0.2) is 0 Å². The number of methoxy groups -OCH3 is 1. The van der Waals surface area contributed by atoms with E-state index in [1.54, 1.807) is 0 Å². The van der Waals surface area contributed by atoms with Crippen LogP contribution in [-0.4, -0.2) is 38.5 Å². The van der Waals surface area contributed by atoms with Gasteiger partial charge in [0.05, 0.1) is 13.2 Å². The van der Waals surface area contributed by atoms with E-state index in [0.29, 0.717) is 25.7 Å². The molecule has 0 fully saturated rings. The number of nitrogens with two attached hydrogens (primary N) is 1. The highest BCUT2D eigenvalue weighted by molar-refractivity contribution is 5.73. The minimum absolute atomic E-state index is 0.207. The monoisotopic (exact) mass is 219 g/mol. The summed E-state index contributed by atoms with van der Waals surface area (Å²) in [5.74, 6) is -0.659. The van der Waals surface area contributed by atoms with Crippen LogP contribution in [0.1, 0.15) is 19.8 Å². The maximum Gasteiger partial charge on any atom is 0.302 e. The van der Waals surface area contributed by atoms with Gasteiger partial charge < -0.3 is 20.0 Å². The zero-order valence-electron chi connectivity index (χ0n) is 9.02. The number of amides is 1. The van der Waals surface area contributed by atoms with Gasteiger partial charge in [0.1, 0.15) is 6.29 Å². The second kappa shape index (κ2) is 12.6. The Bertz CT molecular complexity index is 193. The summed E-state index contributed by atoms with van der Waals surface area (Å²) < 4.78 is 8.96. The molecule has 88 valence electrons. The molecule has 0 aromatic rings. The Balaban J connectivity index is 0. The van der Waals surface area contributed by atoms with Crippen molar-refractivity contribution in [1.29, 1.82) is 0 Å². The van der Waals surface area contributed by atoms with Gasteiger partial charge in [-0.2, -0.15) is 0 Å². The predicted octanol–water partition coefficient (Wildman–Crippen LogP) is -0.353. The number of hydrogen-bond donors (Lipinski definition) is 1. The van der Waals surface area contributed by atoms with Crippen LogP contribution in [-0.2, 0) is 23.9 Å². The second-order valence-electron chi connectivity index (χ2n) is 2.50. The van der Waals surface area contributed by atoms with Gasteiger partial charge in [-0.1, -0.05) is 0 Å². The van der Waals surface area contributed by atoms with E-state index in [-0.39, 0.29) is 18.5 Å². The molecule has 0 bridgehead atoms. The van der Waals surface area contributed by atoms with Gasteiger partial charge in [0.2, 0.25) is 5.91 Å². The lowest BCUT2D eigenvalue weighted by Crippen LogP contribution is -2.12. The first kappa shape index (κ1) is 16.0. The zero-order chi connectivity index (χ0) is 12.1. The third-order valence-corrected chi connectivity index (χ3v) is 1.09. The van der Waals surface area contributed by atoms with Crippen molar-refractivity contribution < 1.29 is 23.9 Å². The van der Waals surface area contributed by atoms with Gasteiger partial charge in [0.25, 0.3) is 0 Å². The lowest BCUT2D eigenvalue weighted by Gasteiger charge is -1.93. The molecule has 0 spiro atoms. The molecule has 0 saturated carbocycles. The molecule has 15 heavy (non-hydrogen) atoms. The number of hydrogen-bond acceptors (Lipinski definition) is 5. The number of ether oxygens (including phenoxy) is 2. The Labute approximate surface area is 88.7 Å². The topological polar surface area (TPSA) is 95.7 Å². The lowest BCUT2D eigenvalue weighted by molar-refractivity contribution is -0.141. The molecule has 0 radical (unpaired) electrons. The van der Waals surface area contributed by atoms with Crippen molar-refractivity contribution in [3.63, 3.8) is 0 Å². The summed E-state index contributed by atoms with van der Waals surface area (Å²) in [6.45, 7) is 1.94. The van der Waals surface area contributed by atoms with Crippen molar-refractivity contribution in [1.82, 2.24) is 0 Å². The van der Waals surface area contributed by atoms with Crippen molar-refractivity contribution in [2.75, 3.05) is 20.3 Å². The van der Waals surface area contributed by atoms with E-state index < -0.39 is 0 Å². The average molecular weight is 219 g/mol. The Morgan fingerprint density at radius 2 is 1.93 bits per heavy atom. The fourth-order valence-corrected chi connectivity index (χ4v) is 0.453. The Morgan fingerprint density at radius 3 is 2.20 bits per heavy atom. The predicted molar refractivity (Wildman–Crippen MR) is 53.0 cm³/mol. The number of esters is 1. The molecule has 0 atom stereocenters. The van der Waals surface area contributed by atoms with E-state index >= 15 is 0 Å². The normalized spacial score (nSPS) is 8.40. The van der Waals surface area contributed by atoms with E-state index in [1.165, 1.54) is 14.0 Å². The van der Waals surface area contributed by atoms with Crippen LogP contribution >= 0.6 is 0 Å². The number of aldehydes is 1. The molecular weight excluding hydrogens is 202 g/mol. The summed E-state index contributed by atoms with van der Waals surface area (Å²) in [6.07, 6.45) is 1.32. The minimum atomic E-state index is -0.341. The molecule has 0 aliphatic rings. The van der Waals surface area contributed by atoms with Crippen LogP contribution < -0.4 is 5.73 Å². The first-order valence-corrected chi connectivity index (χ1v) is 4.38. The van der Waals surface area contributed by atoms with Crippen LogP contribution in [0.4, 0.5) is 0 Å². The van der Waals surface area contributed by atoms with Gasteiger partial charge in [-0.25, -0.2) is 0 Å². The summed E-state index contributed by atoms with van der Waals surface area (Å²) >= 11 is 0. The molecule has 0 aromatic carbocycles. The number of rotatable bonds is 6. The van der Waals surface area contributed by atoms with Gasteiger partial charge in [-0.3, -0.25) is 9.59 Å². The van der Waals surface area contributed by atoms with Crippen molar-refractivity contribution >= 4 is 18.2 Å². The summed E-state index contributed by atoms with van der Waals surface area (Å²) in [5.41, 5.74) is 4.76. The maximum absolute atomic E-state index is 9.98. The van der Waals surface area contributed by atoms with Crippen molar-refractivity contribution in [3.8, 4) is 0 Å². The molecule has 0 saturated heterocycles. The van der Waals surface area contributed by atoms with Gasteiger partial charge in [-0.15, -0.1) is 0 Å². The summed E-state index contributed by atoms with van der Waals surface area (Å²) in [7, 11) is 1.53. The minimum Gasteiger partial charge on any atom is -0.465 e. The fraction of sp³-hybridized carbons (Fsp3) is 0.667. The van der Waals surface area contributed by atoms with Crippen LogP contribution in [0.25, 0.3) is 0 Å². The first-order chi connectivity index (χ1) is 7.04. The zero-order valence-corrected chi connectivity index (χ0v) is 9.02. The van der Waals surface area contributed by atoms with Crippen LogP contribution in [0.2, 0.25) is 0 Å². The highest BCUT2D eigenvalue weighted by Crippen LogP contribution is 1.77. The molecule has 0 rings (SSSR count). The molecular formula is C9H17NO5. The highest BCUT2D eigenvalue weighted by Gasteiger charge is 1.88. The van der Waals surface area contributed by atoms with Crippen molar-refractivity contribution in [3.05, 3.63) is 0 Å². The maximum atomic E-state index is 9.98. The highest BCUT2D eigenvalue weighted by atomic mass is 16.5. The molecule has 0 aliphatic heterocycles. The fourth-order valence-electron chi connectivity index (χ4n) is 0.453. The standard InChI is InChI=1S/C5H8O3.C4H9NO2/c1-5(7)8-4-2-3-6;1-7-3-2-4(5)6/h3H,2,4H2,1H3;2-3H2,1H3,(H2,5,6). The van der Waals surface area contributed by atoms with Gasteiger partial charge in [-0.05, 0) is 0 Å². The molecule has 6 heteroatoms. The largest absolute Gasteiger partial charge is 0.465 e. The third kappa shape index (κ3) is 24.5. The molecule has 0 aliphatic carbocycles. The summed E-state index contributed by atoms with van der Waals surface area (Å²) in [5, 5.41) is 0. The van der Waals surface area contributed by atoms with Crippen LogP contribution in [0, 0.1) is 0 Å². The average Bonchev–Trinajstić information content (AvgIpc) is 2.15. The molecule has 0 unspecified atom stereocenters. The van der Waals surface area contributed by atoms with E-state index in [0.717, 1.165) is 0 Å². The molecule has 0 aromatic heterocycles. The number of carbonyl (C=O) groups is 3. The van der Waals surface area contributed by atoms with Crippen molar-refractivity contribution in [2.45, 2.75) is 19.8 Å². The van der Waals surface area contributed by atoms with Crippen molar-refractivity contribution in [2.24, 2.45) is 5.73 Å². The van der Waals surface area contributed by atoms with Gasteiger partial charge in [0, 0.05) is 26.9 Å². The summed E-state index contributed by atoms with van der Waals surface area (Å²) in [4.78, 5) is 29.5. The van der Waals surface area contributed by atoms with E-state index in [2.05, 4.69) is 9.47 Å².